The van der Waals surface area contributed by atoms with Crippen LogP contribution in [-0.4, -0.2) is 22.2 Å². The summed E-state index contributed by atoms with van der Waals surface area (Å²) < 4.78 is 5.68. The first-order valence-corrected chi connectivity index (χ1v) is 9.36. The number of aryl methyl sites for hydroxylation is 1. The highest BCUT2D eigenvalue weighted by Gasteiger charge is 2.07. The van der Waals surface area contributed by atoms with E-state index in [0.29, 0.717) is 16.5 Å². The lowest BCUT2D eigenvalue weighted by Crippen LogP contribution is -2.24. The number of para-hydroxylation sites is 2. The lowest BCUT2D eigenvalue weighted by atomic mass is 10.2. The maximum Gasteiger partial charge on any atom is 0.339 e. The molecule has 0 aliphatic carbocycles. The van der Waals surface area contributed by atoms with Crippen LogP contribution in [0.25, 0.3) is 11.0 Å². The number of anilines is 1. The van der Waals surface area contributed by atoms with E-state index in [4.69, 9.17) is 4.42 Å². The van der Waals surface area contributed by atoms with Crippen molar-refractivity contribution in [2.75, 3.05) is 5.32 Å². The van der Waals surface area contributed by atoms with Crippen molar-refractivity contribution in [1.82, 2.24) is 15.4 Å². The molecule has 8 heteroatoms. The molecule has 28 heavy (non-hydrogen) atoms. The minimum absolute atomic E-state index is 0.427. The number of hydrogen-bond acceptors (Lipinski definition) is 5. The molecule has 0 spiro atoms. The van der Waals surface area contributed by atoms with Gasteiger partial charge in [0.1, 0.15) is 5.76 Å². The van der Waals surface area contributed by atoms with Gasteiger partial charge < -0.3 is 14.7 Å². The van der Waals surface area contributed by atoms with Gasteiger partial charge in [-0.1, -0.05) is 29.8 Å². The summed E-state index contributed by atoms with van der Waals surface area (Å²) in [5.41, 5.74) is 6.10. The highest BCUT2D eigenvalue weighted by atomic mass is 32.2. The van der Waals surface area contributed by atoms with Gasteiger partial charge in [0.2, 0.25) is 0 Å². The van der Waals surface area contributed by atoms with E-state index >= 15 is 0 Å². The molecule has 2 aromatic carbocycles. The van der Waals surface area contributed by atoms with Crippen molar-refractivity contribution in [2.45, 2.75) is 17.2 Å². The molecule has 0 aliphatic heterocycles. The largest absolute Gasteiger partial charge is 0.448 e. The number of carbonyl (C=O) groups is 1. The number of nitrogens with one attached hydrogen (secondary N) is 3. The topological polar surface area (TPSA) is 95.3 Å². The van der Waals surface area contributed by atoms with Gasteiger partial charge in [-0.25, -0.2) is 15.2 Å². The zero-order valence-electron chi connectivity index (χ0n) is 15.0. The molecule has 4 rings (SSSR count). The van der Waals surface area contributed by atoms with E-state index in [9.17, 15) is 4.79 Å². The molecule has 4 aromatic rings. The van der Waals surface area contributed by atoms with Crippen LogP contribution in [0.3, 0.4) is 0 Å². The third-order valence-electron chi connectivity index (χ3n) is 3.83. The summed E-state index contributed by atoms with van der Waals surface area (Å²) in [5, 5.41) is 8.01. The Morgan fingerprint density at radius 2 is 1.96 bits per heavy atom. The van der Waals surface area contributed by atoms with Gasteiger partial charge in [-0.15, -0.1) is 0 Å². The van der Waals surface area contributed by atoms with Gasteiger partial charge in [0, 0.05) is 5.69 Å². The number of fused-ring (bicyclic) bond motifs is 1. The number of aromatic nitrogens is 2. The van der Waals surface area contributed by atoms with Crippen molar-refractivity contribution in [2.24, 2.45) is 5.10 Å². The summed E-state index contributed by atoms with van der Waals surface area (Å²) in [5.74, 6) is 0.522. The second-order valence-electron chi connectivity index (χ2n) is 6.01. The van der Waals surface area contributed by atoms with E-state index in [1.54, 1.807) is 6.07 Å². The van der Waals surface area contributed by atoms with Gasteiger partial charge in [-0.2, -0.15) is 5.10 Å². The number of imidazole rings is 1. The smallest absolute Gasteiger partial charge is 0.339 e. The van der Waals surface area contributed by atoms with Gasteiger partial charge in [-0.3, -0.25) is 0 Å². The molecule has 0 bridgehead atoms. The predicted molar refractivity (Wildman–Crippen MR) is 110 cm³/mol. The monoisotopic (exact) mass is 391 g/mol. The van der Waals surface area contributed by atoms with Crippen molar-refractivity contribution in [1.29, 1.82) is 0 Å². The number of H-pyrrole nitrogens is 1. The summed E-state index contributed by atoms with van der Waals surface area (Å²) in [7, 11) is 0. The Balaban J connectivity index is 1.32. The molecule has 0 saturated heterocycles. The standard InChI is InChI=1S/C20H17N5O2S/c1-13-6-8-14(9-7-13)22-19(26)25-21-12-15-10-11-18(27-15)28-20-23-16-4-2-3-5-17(16)24-20/h2-12H,1H3,(H,23,24)(H2,22,25,26)/b21-12+. The number of furan rings is 1. The lowest BCUT2D eigenvalue weighted by Gasteiger charge is -2.03. The van der Waals surface area contributed by atoms with Gasteiger partial charge in [-0.05, 0) is 55.1 Å². The molecule has 2 heterocycles. The molecule has 0 radical (unpaired) electrons. The summed E-state index contributed by atoms with van der Waals surface area (Å²) in [6, 6.07) is 18.5. The Bertz CT molecular complexity index is 1100. The molecule has 0 aliphatic rings. The van der Waals surface area contributed by atoms with Crippen LogP contribution >= 0.6 is 11.8 Å². The first-order chi connectivity index (χ1) is 13.7. The molecule has 140 valence electrons. The third-order valence-corrected chi connectivity index (χ3v) is 4.64. The van der Waals surface area contributed by atoms with E-state index in [0.717, 1.165) is 21.8 Å². The van der Waals surface area contributed by atoms with Crippen LogP contribution in [0.15, 0.2) is 80.4 Å². The van der Waals surface area contributed by atoms with Gasteiger partial charge in [0.15, 0.2) is 10.2 Å². The SMILES string of the molecule is Cc1ccc(NC(=O)N/N=C/c2ccc(Sc3nc4ccccc4[nH]3)o2)cc1. The first kappa shape index (κ1) is 17.9. The molecule has 2 aromatic heterocycles. The molecular formula is C20H17N5O2S. The Kier molecular flexibility index (Phi) is 5.11. The number of benzene rings is 2. The molecule has 3 N–H and O–H groups in total. The van der Waals surface area contributed by atoms with E-state index in [2.05, 4.69) is 25.8 Å². The quantitative estimate of drug-likeness (QED) is 0.337. The molecule has 0 fully saturated rings. The van der Waals surface area contributed by atoms with E-state index in [-0.39, 0.29) is 0 Å². The highest BCUT2D eigenvalue weighted by Crippen LogP contribution is 2.28. The Labute approximate surface area is 165 Å². The summed E-state index contributed by atoms with van der Waals surface area (Å²) in [6.45, 7) is 1.98. The lowest BCUT2D eigenvalue weighted by molar-refractivity contribution is 0.252. The maximum atomic E-state index is 11.8. The number of hydrogen-bond donors (Lipinski definition) is 3. The third kappa shape index (κ3) is 4.41. The zero-order valence-corrected chi connectivity index (χ0v) is 15.8. The number of urea groups is 1. The molecule has 2 amide bonds. The van der Waals surface area contributed by atoms with Crippen molar-refractivity contribution >= 4 is 40.7 Å². The molecule has 0 unspecified atom stereocenters. The summed E-state index contributed by atoms with van der Waals surface area (Å²) in [4.78, 5) is 19.6. The fraction of sp³-hybridized carbons (Fsp3) is 0.0500. The van der Waals surface area contributed by atoms with Crippen LogP contribution in [0.2, 0.25) is 0 Å². The fourth-order valence-electron chi connectivity index (χ4n) is 2.48. The Morgan fingerprint density at radius 1 is 1.14 bits per heavy atom. The van der Waals surface area contributed by atoms with Crippen LogP contribution < -0.4 is 10.7 Å². The second-order valence-corrected chi connectivity index (χ2v) is 7.00. The second kappa shape index (κ2) is 8.01. The van der Waals surface area contributed by atoms with Crippen molar-refractivity contribution in [3.8, 4) is 0 Å². The first-order valence-electron chi connectivity index (χ1n) is 8.55. The molecule has 0 saturated carbocycles. The fourth-order valence-corrected chi connectivity index (χ4v) is 3.25. The van der Waals surface area contributed by atoms with Crippen molar-refractivity contribution in [3.05, 3.63) is 72.0 Å². The average molecular weight is 391 g/mol. The Hall–Kier alpha value is -3.52. The molecular weight excluding hydrogens is 374 g/mol. The number of rotatable bonds is 5. The van der Waals surface area contributed by atoms with Crippen LogP contribution in [0, 0.1) is 6.92 Å². The average Bonchev–Trinajstić information content (AvgIpc) is 3.30. The van der Waals surface area contributed by atoms with Gasteiger partial charge in [0.05, 0.1) is 17.2 Å². The summed E-state index contributed by atoms with van der Waals surface area (Å²) >= 11 is 1.38. The predicted octanol–water partition coefficient (Wildman–Crippen LogP) is 4.77. The Morgan fingerprint density at radius 3 is 2.79 bits per heavy atom. The maximum absolute atomic E-state index is 11.8. The number of hydrazone groups is 1. The van der Waals surface area contributed by atoms with Crippen LogP contribution in [-0.2, 0) is 0 Å². The number of nitrogens with zero attached hydrogens (tertiary/aromatic N) is 2. The van der Waals surface area contributed by atoms with Crippen LogP contribution in [0.5, 0.6) is 0 Å². The van der Waals surface area contributed by atoms with Crippen molar-refractivity contribution < 1.29 is 9.21 Å². The van der Waals surface area contributed by atoms with Crippen LogP contribution in [0.4, 0.5) is 10.5 Å². The van der Waals surface area contributed by atoms with Gasteiger partial charge >= 0.3 is 6.03 Å². The van der Waals surface area contributed by atoms with E-state index in [1.807, 2.05) is 61.5 Å². The number of aromatic amines is 1. The highest BCUT2D eigenvalue weighted by molar-refractivity contribution is 7.99. The van der Waals surface area contributed by atoms with Crippen LogP contribution in [0.1, 0.15) is 11.3 Å². The molecule has 7 nitrogen and oxygen atoms in total. The van der Waals surface area contributed by atoms with Gasteiger partial charge in [0.25, 0.3) is 0 Å². The minimum atomic E-state index is -0.427. The minimum Gasteiger partial charge on any atom is -0.448 e. The van der Waals surface area contributed by atoms with E-state index in [1.165, 1.54) is 18.0 Å². The number of carbonyl (C=O) groups excluding carboxylic acids is 1. The summed E-state index contributed by atoms with van der Waals surface area (Å²) in [6.07, 6.45) is 1.44. The zero-order chi connectivity index (χ0) is 19.3. The van der Waals surface area contributed by atoms with Crippen molar-refractivity contribution in [3.63, 3.8) is 0 Å². The normalized spacial score (nSPS) is 11.2. The molecule has 0 atom stereocenters. The van der Waals surface area contributed by atoms with E-state index < -0.39 is 6.03 Å². The number of amides is 2.